The molecule has 22 heavy (non-hydrogen) atoms. The van der Waals surface area contributed by atoms with Crippen LogP contribution in [-0.4, -0.2) is 52.4 Å². The number of morpholine rings is 1. The van der Waals surface area contributed by atoms with E-state index in [1.165, 1.54) is 5.69 Å². The Morgan fingerprint density at radius 1 is 1.50 bits per heavy atom. The number of amides is 3. The number of ether oxygens (including phenoxy) is 1. The molecule has 0 spiro atoms. The predicted molar refractivity (Wildman–Crippen MR) is 77.9 cm³/mol. The van der Waals surface area contributed by atoms with Crippen LogP contribution in [0.4, 0.5) is 4.79 Å². The molecular formula is C14H21N5O3. The Bertz CT molecular complexity index is 585. The van der Waals surface area contributed by atoms with E-state index in [-0.39, 0.29) is 18.6 Å². The highest BCUT2D eigenvalue weighted by atomic mass is 16.5. The number of aromatic nitrogens is 2. The van der Waals surface area contributed by atoms with Crippen LogP contribution in [0.15, 0.2) is 6.20 Å². The molecule has 8 nitrogen and oxygen atoms in total. The van der Waals surface area contributed by atoms with E-state index in [0.717, 1.165) is 24.8 Å². The molecule has 3 amide bonds. The third kappa shape index (κ3) is 2.78. The summed E-state index contributed by atoms with van der Waals surface area (Å²) in [5.41, 5.74) is 7.51. The molecule has 120 valence electrons. The van der Waals surface area contributed by atoms with Gasteiger partial charge in [-0.1, -0.05) is 0 Å². The minimum absolute atomic E-state index is 0.0279. The number of hydrogen-bond acceptors (Lipinski definition) is 4. The van der Waals surface area contributed by atoms with E-state index < -0.39 is 12.0 Å². The van der Waals surface area contributed by atoms with Crippen molar-refractivity contribution in [3.8, 4) is 0 Å². The van der Waals surface area contributed by atoms with Gasteiger partial charge in [-0.15, -0.1) is 0 Å². The maximum Gasteiger partial charge on any atom is 0.318 e. The number of nitrogens with zero attached hydrogens (tertiary/aromatic N) is 3. The Labute approximate surface area is 128 Å². The smallest absolute Gasteiger partial charge is 0.318 e. The van der Waals surface area contributed by atoms with Gasteiger partial charge in [-0.05, 0) is 19.3 Å². The average Bonchev–Trinajstić information content (AvgIpc) is 2.90. The Morgan fingerprint density at radius 2 is 2.32 bits per heavy atom. The van der Waals surface area contributed by atoms with Crippen LogP contribution in [0.25, 0.3) is 0 Å². The number of carbonyl (C=O) groups is 2. The first-order valence-electron chi connectivity index (χ1n) is 7.53. The van der Waals surface area contributed by atoms with Gasteiger partial charge >= 0.3 is 6.03 Å². The highest BCUT2D eigenvalue weighted by Crippen LogP contribution is 2.29. The predicted octanol–water partition coefficient (Wildman–Crippen LogP) is -0.307. The van der Waals surface area contributed by atoms with Crippen LogP contribution in [0.3, 0.4) is 0 Å². The number of carbonyl (C=O) groups excluding carboxylic acids is 2. The molecule has 0 aromatic carbocycles. The van der Waals surface area contributed by atoms with Crippen LogP contribution in [0.5, 0.6) is 0 Å². The van der Waals surface area contributed by atoms with Gasteiger partial charge in [0.1, 0.15) is 0 Å². The lowest BCUT2D eigenvalue weighted by atomic mass is 9.93. The van der Waals surface area contributed by atoms with Gasteiger partial charge in [0.2, 0.25) is 5.91 Å². The largest absolute Gasteiger partial charge is 0.367 e. The summed E-state index contributed by atoms with van der Waals surface area (Å²) in [6.45, 7) is 0.986. The van der Waals surface area contributed by atoms with Crippen LogP contribution >= 0.6 is 0 Å². The Hall–Kier alpha value is -2.09. The summed E-state index contributed by atoms with van der Waals surface area (Å²) < 4.78 is 7.13. The minimum Gasteiger partial charge on any atom is -0.367 e. The van der Waals surface area contributed by atoms with E-state index in [0.29, 0.717) is 13.2 Å². The molecule has 1 aliphatic heterocycles. The monoisotopic (exact) mass is 307 g/mol. The molecule has 3 N–H and O–H groups in total. The van der Waals surface area contributed by atoms with E-state index in [2.05, 4.69) is 10.4 Å². The normalized spacial score (nSPS) is 24.7. The number of primary amides is 1. The third-order valence-corrected chi connectivity index (χ3v) is 4.34. The van der Waals surface area contributed by atoms with Crippen molar-refractivity contribution < 1.29 is 14.3 Å². The first kappa shape index (κ1) is 14.8. The molecule has 3 rings (SSSR count). The fraction of sp³-hybridized carbons (Fsp3) is 0.643. The van der Waals surface area contributed by atoms with Crippen LogP contribution in [-0.2, 0) is 23.0 Å². The number of rotatable bonds is 2. The third-order valence-electron chi connectivity index (χ3n) is 4.34. The molecule has 2 atom stereocenters. The number of nitrogens with one attached hydrogen (secondary N) is 1. The molecule has 1 saturated heterocycles. The quantitative estimate of drug-likeness (QED) is 0.782. The van der Waals surface area contributed by atoms with Crippen LogP contribution < -0.4 is 11.1 Å². The van der Waals surface area contributed by atoms with Crippen molar-refractivity contribution in [2.24, 2.45) is 12.8 Å². The fourth-order valence-corrected chi connectivity index (χ4v) is 3.10. The summed E-state index contributed by atoms with van der Waals surface area (Å²) in [6.07, 6.45) is 4.00. The van der Waals surface area contributed by atoms with Crippen molar-refractivity contribution in [2.45, 2.75) is 31.4 Å². The van der Waals surface area contributed by atoms with Crippen molar-refractivity contribution in [3.63, 3.8) is 0 Å². The van der Waals surface area contributed by atoms with Gasteiger partial charge < -0.3 is 20.7 Å². The molecule has 2 unspecified atom stereocenters. The second kappa shape index (κ2) is 5.96. The first-order chi connectivity index (χ1) is 10.6. The molecule has 0 bridgehead atoms. The zero-order valence-electron chi connectivity index (χ0n) is 12.6. The Morgan fingerprint density at radius 3 is 3.09 bits per heavy atom. The minimum atomic E-state index is -0.722. The maximum absolute atomic E-state index is 12.4. The van der Waals surface area contributed by atoms with Crippen molar-refractivity contribution >= 4 is 11.9 Å². The molecular weight excluding hydrogens is 286 g/mol. The summed E-state index contributed by atoms with van der Waals surface area (Å²) in [6, 6.07) is -0.212. The van der Waals surface area contributed by atoms with Gasteiger partial charge in [-0.2, -0.15) is 5.10 Å². The van der Waals surface area contributed by atoms with Gasteiger partial charge in [-0.25, -0.2) is 4.79 Å². The SMILES string of the molecule is Cn1ncc2c1CCCC2NC(=O)N1CCOC(C(N)=O)C1. The van der Waals surface area contributed by atoms with E-state index >= 15 is 0 Å². The summed E-state index contributed by atoms with van der Waals surface area (Å²) in [5.74, 6) is -0.537. The van der Waals surface area contributed by atoms with Gasteiger partial charge in [-0.3, -0.25) is 9.48 Å². The van der Waals surface area contributed by atoms with Gasteiger partial charge in [0.05, 0.1) is 25.4 Å². The number of fused-ring (bicyclic) bond motifs is 1. The van der Waals surface area contributed by atoms with Gasteiger partial charge in [0.25, 0.3) is 0 Å². The van der Waals surface area contributed by atoms with Crippen LogP contribution in [0.1, 0.15) is 30.1 Å². The standard InChI is InChI=1S/C14H21N5O3/c1-18-11-4-2-3-10(9(11)7-16-18)17-14(21)19-5-6-22-12(8-19)13(15)20/h7,10,12H,2-6,8H2,1H3,(H2,15,20)(H,17,21). The number of hydrogen-bond donors (Lipinski definition) is 2. The van der Waals surface area contributed by atoms with Gasteiger partial charge in [0, 0.05) is 24.8 Å². The average molecular weight is 307 g/mol. The molecule has 1 aromatic rings. The molecule has 2 heterocycles. The molecule has 1 aromatic heterocycles. The first-order valence-corrected chi connectivity index (χ1v) is 7.53. The van der Waals surface area contributed by atoms with E-state index in [1.54, 1.807) is 4.90 Å². The molecule has 2 aliphatic rings. The second-order valence-electron chi connectivity index (χ2n) is 5.77. The highest BCUT2D eigenvalue weighted by molar-refractivity contribution is 5.81. The molecule has 0 radical (unpaired) electrons. The van der Waals surface area contributed by atoms with Gasteiger partial charge in [0.15, 0.2) is 6.10 Å². The highest BCUT2D eigenvalue weighted by Gasteiger charge is 2.30. The van der Waals surface area contributed by atoms with Crippen molar-refractivity contribution in [3.05, 3.63) is 17.5 Å². The molecule has 8 heteroatoms. The zero-order chi connectivity index (χ0) is 15.7. The van der Waals surface area contributed by atoms with E-state index in [4.69, 9.17) is 10.5 Å². The summed E-state index contributed by atoms with van der Waals surface area (Å²) in [5, 5.41) is 7.32. The molecule has 1 aliphatic carbocycles. The molecule has 1 fully saturated rings. The number of nitrogens with two attached hydrogens (primary N) is 1. The zero-order valence-corrected chi connectivity index (χ0v) is 12.6. The van der Waals surface area contributed by atoms with Crippen molar-refractivity contribution in [2.75, 3.05) is 19.7 Å². The molecule has 0 saturated carbocycles. The van der Waals surface area contributed by atoms with E-state index in [1.807, 2.05) is 17.9 Å². The van der Waals surface area contributed by atoms with Crippen molar-refractivity contribution in [1.29, 1.82) is 0 Å². The Balaban J connectivity index is 1.66. The lowest BCUT2D eigenvalue weighted by Gasteiger charge is -2.33. The lowest BCUT2D eigenvalue weighted by Crippen LogP contribution is -2.53. The summed E-state index contributed by atoms with van der Waals surface area (Å²) in [4.78, 5) is 25.2. The second-order valence-corrected chi connectivity index (χ2v) is 5.77. The lowest BCUT2D eigenvalue weighted by molar-refractivity contribution is -0.133. The fourth-order valence-electron chi connectivity index (χ4n) is 3.10. The summed E-state index contributed by atoms with van der Waals surface area (Å²) in [7, 11) is 1.92. The maximum atomic E-state index is 12.4. The topological polar surface area (TPSA) is 102 Å². The van der Waals surface area contributed by atoms with E-state index in [9.17, 15) is 9.59 Å². The Kier molecular flexibility index (Phi) is 4.02. The van der Waals surface area contributed by atoms with Crippen molar-refractivity contribution in [1.82, 2.24) is 20.0 Å². The number of aryl methyl sites for hydroxylation is 1. The number of urea groups is 1. The van der Waals surface area contributed by atoms with Crippen LogP contribution in [0.2, 0.25) is 0 Å². The van der Waals surface area contributed by atoms with Crippen LogP contribution in [0, 0.1) is 0 Å². The summed E-state index contributed by atoms with van der Waals surface area (Å²) >= 11 is 0.